The number of carbonyl (C=O) groups excluding carboxylic acids is 1. The quantitative estimate of drug-likeness (QED) is 0.904. The Morgan fingerprint density at radius 2 is 1.89 bits per heavy atom. The van der Waals surface area contributed by atoms with Crippen molar-refractivity contribution in [1.29, 1.82) is 5.26 Å². The molecule has 2 aromatic carbocycles. The molecule has 3 fully saturated rings. The fraction of sp³-hybridized carbons (Fsp3) is 0.364. The van der Waals surface area contributed by atoms with Crippen LogP contribution in [0, 0.1) is 17.2 Å². The van der Waals surface area contributed by atoms with E-state index in [-0.39, 0.29) is 11.9 Å². The Kier molecular flexibility index (Phi) is 4.83. The molecular formula is C22H23N3O2. The van der Waals surface area contributed by atoms with E-state index in [0.717, 1.165) is 13.1 Å². The minimum absolute atomic E-state index is 0.0290. The van der Waals surface area contributed by atoms with Crippen LogP contribution in [0.1, 0.15) is 35.7 Å². The Labute approximate surface area is 159 Å². The summed E-state index contributed by atoms with van der Waals surface area (Å²) in [4.78, 5) is 15.2. The van der Waals surface area contributed by atoms with Gasteiger partial charge in [-0.25, -0.2) is 0 Å². The number of hydrogen-bond acceptors (Lipinski definition) is 4. The number of rotatable bonds is 4. The van der Waals surface area contributed by atoms with Gasteiger partial charge in [-0.05, 0) is 81.2 Å². The molecule has 2 atom stereocenters. The first-order valence-corrected chi connectivity index (χ1v) is 9.47. The van der Waals surface area contributed by atoms with Gasteiger partial charge in [0.15, 0.2) is 0 Å². The number of ether oxygens (including phenoxy) is 1. The number of benzene rings is 2. The predicted molar refractivity (Wildman–Crippen MR) is 103 cm³/mol. The topological polar surface area (TPSA) is 65.4 Å². The van der Waals surface area contributed by atoms with Crippen LogP contribution in [0.15, 0.2) is 48.5 Å². The highest BCUT2D eigenvalue weighted by Crippen LogP contribution is 2.32. The van der Waals surface area contributed by atoms with Gasteiger partial charge in [0, 0.05) is 17.6 Å². The van der Waals surface area contributed by atoms with Gasteiger partial charge in [0.2, 0.25) is 0 Å². The molecule has 5 nitrogen and oxygen atoms in total. The van der Waals surface area contributed by atoms with Gasteiger partial charge < -0.3 is 10.1 Å². The van der Waals surface area contributed by atoms with E-state index in [1.54, 1.807) is 48.5 Å². The van der Waals surface area contributed by atoms with E-state index in [1.165, 1.54) is 12.8 Å². The summed E-state index contributed by atoms with van der Waals surface area (Å²) in [7, 11) is 0. The second-order valence-corrected chi connectivity index (χ2v) is 7.38. The van der Waals surface area contributed by atoms with Crippen molar-refractivity contribution < 1.29 is 9.53 Å². The molecule has 5 heteroatoms. The molecule has 0 saturated carbocycles. The Bertz CT molecular complexity index is 862. The summed E-state index contributed by atoms with van der Waals surface area (Å²) in [5.74, 6) is 1.80. The van der Waals surface area contributed by atoms with Crippen LogP contribution in [-0.4, -0.2) is 36.0 Å². The number of piperidine rings is 3. The van der Waals surface area contributed by atoms with E-state index in [2.05, 4.69) is 23.2 Å². The molecule has 5 rings (SSSR count). The predicted octanol–water partition coefficient (Wildman–Crippen LogP) is 3.56. The van der Waals surface area contributed by atoms with Gasteiger partial charge in [0.1, 0.15) is 11.5 Å². The minimum Gasteiger partial charge on any atom is -0.457 e. The lowest BCUT2D eigenvalue weighted by atomic mass is 9.79. The van der Waals surface area contributed by atoms with Crippen LogP contribution in [-0.2, 0) is 0 Å². The molecule has 138 valence electrons. The first-order chi connectivity index (χ1) is 13.1. The smallest absolute Gasteiger partial charge is 0.251 e. The van der Waals surface area contributed by atoms with E-state index < -0.39 is 0 Å². The number of nitrogens with one attached hydrogen (secondary N) is 1. The Morgan fingerprint density at radius 3 is 2.56 bits per heavy atom. The molecule has 3 aliphatic rings. The maximum Gasteiger partial charge on any atom is 0.251 e. The molecule has 2 bridgehead atoms. The zero-order chi connectivity index (χ0) is 18.8. The van der Waals surface area contributed by atoms with E-state index in [0.29, 0.717) is 34.6 Å². The van der Waals surface area contributed by atoms with Crippen molar-refractivity contribution in [3.05, 3.63) is 59.7 Å². The van der Waals surface area contributed by atoms with Gasteiger partial charge in [0.05, 0.1) is 11.6 Å². The molecule has 3 heterocycles. The van der Waals surface area contributed by atoms with Crippen molar-refractivity contribution >= 4 is 5.91 Å². The van der Waals surface area contributed by atoms with Crippen molar-refractivity contribution in [2.45, 2.75) is 31.8 Å². The summed E-state index contributed by atoms with van der Waals surface area (Å²) in [6.07, 6.45) is 2.34. The first kappa shape index (κ1) is 17.6. The fourth-order valence-corrected chi connectivity index (χ4v) is 4.22. The standard InChI is InChI=1S/C22H23N3O2/c1-15-21(17-9-11-25(15)12-10-17)24-22(26)18-5-7-19(8-6-18)27-20-4-2-3-16(13-20)14-23/h2-8,13,15,17,21H,9-12H2,1H3,(H,24,26)/t15-,21-/m0/s1. The molecule has 2 aromatic rings. The number of carbonyl (C=O) groups is 1. The van der Waals surface area contributed by atoms with Crippen molar-refractivity contribution in [1.82, 2.24) is 10.2 Å². The largest absolute Gasteiger partial charge is 0.457 e. The van der Waals surface area contributed by atoms with Crippen LogP contribution in [0.4, 0.5) is 0 Å². The van der Waals surface area contributed by atoms with Gasteiger partial charge in [0.25, 0.3) is 5.91 Å². The summed E-state index contributed by atoms with van der Waals surface area (Å²) in [6.45, 7) is 4.51. The van der Waals surface area contributed by atoms with Gasteiger partial charge in [-0.3, -0.25) is 9.69 Å². The molecule has 3 aliphatic heterocycles. The summed E-state index contributed by atoms with van der Waals surface area (Å²) in [6, 6.07) is 16.9. The van der Waals surface area contributed by atoms with Crippen molar-refractivity contribution in [2.75, 3.05) is 13.1 Å². The van der Waals surface area contributed by atoms with E-state index in [9.17, 15) is 4.79 Å². The number of hydrogen-bond donors (Lipinski definition) is 1. The highest BCUT2D eigenvalue weighted by molar-refractivity contribution is 5.94. The summed E-state index contributed by atoms with van der Waals surface area (Å²) in [5.41, 5.74) is 1.19. The van der Waals surface area contributed by atoms with Gasteiger partial charge in [-0.2, -0.15) is 5.26 Å². The normalized spacial score (nSPS) is 26.2. The van der Waals surface area contributed by atoms with Crippen LogP contribution in [0.25, 0.3) is 0 Å². The second-order valence-electron chi connectivity index (χ2n) is 7.38. The van der Waals surface area contributed by atoms with Gasteiger partial charge in [-0.1, -0.05) is 6.07 Å². The average molecular weight is 361 g/mol. The number of amides is 1. The highest BCUT2D eigenvalue weighted by atomic mass is 16.5. The summed E-state index contributed by atoms with van der Waals surface area (Å²) in [5, 5.41) is 12.2. The summed E-state index contributed by atoms with van der Waals surface area (Å²) >= 11 is 0. The van der Waals surface area contributed by atoms with Crippen LogP contribution < -0.4 is 10.1 Å². The van der Waals surface area contributed by atoms with Crippen LogP contribution in [0.2, 0.25) is 0 Å². The first-order valence-electron chi connectivity index (χ1n) is 9.47. The van der Waals surface area contributed by atoms with Crippen LogP contribution >= 0.6 is 0 Å². The molecule has 3 saturated heterocycles. The number of fused-ring (bicyclic) bond motifs is 3. The third-order valence-corrected chi connectivity index (χ3v) is 5.79. The lowest BCUT2D eigenvalue weighted by Gasteiger charge is -2.49. The minimum atomic E-state index is -0.0290. The monoisotopic (exact) mass is 361 g/mol. The zero-order valence-electron chi connectivity index (χ0n) is 15.4. The number of nitrogens with zero attached hydrogens (tertiary/aromatic N) is 2. The maximum absolute atomic E-state index is 12.7. The molecule has 0 radical (unpaired) electrons. The lowest BCUT2D eigenvalue weighted by molar-refractivity contribution is 0.0217. The SMILES string of the molecule is C[C@H]1[C@H](NC(=O)c2ccc(Oc3cccc(C#N)c3)cc2)C2CCN1CC2. The van der Waals surface area contributed by atoms with Crippen molar-refractivity contribution in [2.24, 2.45) is 5.92 Å². The molecule has 0 unspecified atom stereocenters. The van der Waals surface area contributed by atoms with E-state index in [1.807, 2.05) is 0 Å². The summed E-state index contributed by atoms with van der Waals surface area (Å²) < 4.78 is 5.77. The molecule has 27 heavy (non-hydrogen) atoms. The van der Waals surface area contributed by atoms with Crippen LogP contribution in [0.5, 0.6) is 11.5 Å². The third-order valence-electron chi connectivity index (χ3n) is 5.79. The lowest BCUT2D eigenvalue weighted by Crippen LogP contribution is -2.62. The Hall–Kier alpha value is -2.84. The number of nitriles is 1. The van der Waals surface area contributed by atoms with Crippen LogP contribution in [0.3, 0.4) is 0 Å². The second kappa shape index (κ2) is 7.42. The van der Waals surface area contributed by atoms with Gasteiger partial charge in [-0.15, -0.1) is 0 Å². The molecular weight excluding hydrogens is 338 g/mol. The molecule has 1 amide bonds. The van der Waals surface area contributed by atoms with Crippen molar-refractivity contribution in [3.63, 3.8) is 0 Å². The van der Waals surface area contributed by atoms with E-state index in [4.69, 9.17) is 10.00 Å². The molecule has 0 aliphatic carbocycles. The molecule has 1 N–H and O–H groups in total. The van der Waals surface area contributed by atoms with Crippen molar-refractivity contribution in [3.8, 4) is 17.6 Å². The highest BCUT2D eigenvalue weighted by Gasteiger charge is 2.40. The Morgan fingerprint density at radius 1 is 1.15 bits per heavy atom. The average Bonchev–Trinajstić information content (AvgIpc) is 2.71. The fourth-order valence-electron chi connectivity index (χ4n) is 4.22. The maximum atomic E-state index is 12.7. The zero-order valence-corrected chi connectivity index (χ0v) is 15.4. The van der Waals surface area contributed by atoms with Gasteiger partial charge >= 0.3 is 0 Å². The van der Waals surface area contributed by atoms with E-state index >= 15 is 0 Å². The third kappa shape index (κ3) is 3.67. The molecule has 0 aromatic heterocycles. The molecule has 0 spiro atoms. The Balaban J connectivity index is 1.41.